The molecule has 0 bridgehead atoms. The van der Waals surface area contributed by atoms with E-state index in [4.69, 9.17) is 34.8 Å². The third kappa shape index (κ3) is 10.3. The van der Waals surface area contributed by atoms with Gasteiger partial charge in [0.15, 0.2) is 12.6 Å². The lowest BCUT2D eigenvalue weighted by Crippen LogP contribution is -2.60. The number of nitrogens with zero attached hydrogens (tertiary/aromatic N) is 2. The third-order valence-corrected chi connectivity index (χ3v) is 12.2. The number of ether oxygens (including phenoxy) is 6. The predicted molar refractivity (Wildman–Crippen MR) is 197 cm³/mol. The quantitative estimate of drug-likeness (QED) is 0.186. The van der Waals surface area contributed by atoms with Gasteiger partial charge in [-0.2, -0.15) is 0 Å². The first-order valence-electron chi connectivity index (χ1n) is 19.1. The van der Waals surface area contributed by atoms with Crippen LogP contribution in [0.1, 0.15) is 88.0 Å². The zero-order valence-electron chi connectivity index (χ0n) is 34.3. The van der Waals surface area contributed by atoms with Crippen molar-refractivity contribution in [1.82, 2.24) is 9.80 Å². The summed E-state index contributed by atoms with van der Waals surface area (Å²) < 4.78 is 37.4. The molecule has 0 aromatic rings. The van der Waals surface area contributed by atoms with Gasteiger partial charge in [-0.1, -0.05) is 13.8 Å². The zero-order chi connectivity index (χ0) is 40.4. The van der Waals surface area contributed by atoms with E-state index in [2.05, 4.69) is 5.92 Å². The Labute approximate surface area is 317 Å². The average molecular weight is 759 g/mol. The molecule has 5 N–H and O–H groups in total. The number of hydrogen-bond acceptors (Lipinski definition) is 14. The van der Waals surface area contributed by atoms with Crippen molar-refractivity contribution in [1.29, 1.82) is 0 Å². The van der Waals surface area contributed by atoms with Crippen molar-refractivity contribution in [3.05, 3.63) is 0 Å². The van der Waals surface area contributed by atoms with Gasteiger partial charge in [0, 0.05) is 44.0 Å². The number of esters is 1. The maximum atomic E-state index is 14.2. The number of rotatable bonds is 7. The molecule has 53 heavy (non-hydrogen) atoms. The smallest absolute Gasteiger partial charge is 0.311 e. The Bertz CT molecular complexity index is 1230. The molecule has 0 spiro atoms. The number of carbonyl (C=O) groups excluding carboxylic acids is 1. The van der Waals surface area contributed by atoms with Crippen molar-refractivity contribution in [2.75, 3.05) is 34.8 Å². The summed E-state index contributed by atoms with van der Waals surface area (Å²) in [6.45, 7) is 15.5. The van der Waals surface area contributed by atoms with Crippen LogP contribution in [0.5, 0.6) is 0 Å². The maximum Gasteiger partial charge on any atom is 0.311 e. The number of likely N-dealkylation sites (N-methyl/N-ethyl adjacent to an activating group) is 2. The van der Waals surface area contributed by atoms with Crippen LogP contribution in [0.2, 0.25) is 0 Å². The molecule has 3 rings (SSSR count). The summed E-state index contributed by atoms with van der Waals surface area (Å²) in [6.07, 6.45) is -2.85. The highest BCUT2D eigenvalue weighted by atomic mass is 16.7. The number of cyclic esters (lactones) is 1. The summed E-state index contributed by atoms with van der Waals surface area (Å²) in [4.78, 5) is 17.9. The second-order valence-electron chi connectivity index (χ2n) is 16.9. The van der Waals surface area contributed by atoms with E-state index in [1.54, 1.807) is 55.5 Å². The number of carbonyl (C=O) groups is 1. The minimum Gasteiger partial charge on any atom is -0.459 e. The Morgan fingerprint density at radius 1 is 1.00 bits per heavy atom. The van der Waals surface area contributed by atoms with Crippen LogP contribution >= 0.6 is 0 Å². The zero-order valence-corrected chi connectivity index (χ0v) is 34.3. The molecule has 14 heteroatoms. The summed E-state index contributed by atoms with van der Waals surface area (Å²) in [5.41, 5.74) is -4.59. The van der Waals surface area contributed by atoms with Crippen molar-refractivity contribution < 1.29 is 58.7 Å². The van der Waals surface area contributed by atoms with Crippen LogP contribution in [0.25, 0.3) is 0 Å². The van der Waals surface area contributed by atoms with Crippen molar-refractivity contribution in [3.8, 4) is 12.3 Å². The van der Waals surface area contributed by atoms with Crippen molar-refractivity contribution in [2.24, 2.45) is 17.8 Å². The van der Waals surface area contributed by atoms with E-state index in [0.717, 1.165) is 0 Å². The van der Waals surface area contributed by atoms with Crippen LogP contribution in [-0.2, 0) is 33.2 Å². The monoisotopic (exact) mass is 758 g/mol. The Hall–Kier alpha value is -1.45. The number of hydrogen-bond donors (Lipinski definition) is 5. The van der Waals surface area contributed by atoms with E-state index in [-0.39, 0.29) is 38.0 Å². The number of aliphatic hydroxyl groups excluding tert-OH is 3. The van der Waals surface area contributed by atoms with Crippen LogP contribution in [0.4, 0.5) is 0 Å². The molecule has 3 aliphatic rings. The lowest BCUT2D eigenvalue weighted by molar-refractivity contribution is -0.317. The van der Waals surface area contributed by atoms with E-state index in [1.165, 1.54) is 14.0 Å². The second-order valence-corrected chi connectivity index (χ2v) is 16.9. The van der Waals surface area contributed by atoms with Gasteiger partial charge in [0.25, 0.3) is 0 Å². The van der Waals surface area contributed by atoms with Crippen LogP contribution in [0.3, 0.4) is 0 Å². The third-order valence-electron chi connectivity index (χ3n) is 12.2. The highest BCUT2D eigenvalue weighted by Gasteiger charge is 2.52. The average Bonchev–Trinajstić information content (AvgIpc) is 3.09. The van der Waals surface area contributed by atoms with Gasteiger partial charge < -0.3 is 58.9 Å². The van der Waals surface area contributed by atoms with Crippen LogP contribution in [-0.4, -0.2) is 166 Å². The number of aliphatic hydroxyl groups is 5. The van der Waals surface area contributed by atoms with Gasteiger partial charge >= 0.3 is 5.97 Å². The normalized spacial score (nSPS) is 48.7. The first-order valence-corrected chi connectivity index (χ1v) is 19.1. The SMILES string of the molecule is C#C[C@H]1CN(C)[C@H](C)[C@@H](O)[C@](C)(O)[C@@H](CC)OC(=O)[C@H](C)[C@@H](O[C@H]2C[C@@](C)(OC)[C@@H](O)[C@H](C)O2)[C@H](C)[C@@H](O[C@@H]2O[C@H](C)C[C@H](N(C)C)[C@H]2O)[C@](C)(O)C1. The fraction of sp³-hybridized carbons (Fsp3) is 0.923. The standard InChI is InChI=1S/C39H70N2O12/c1-15-26-18-37(8,46)34(53-36-30(42)27(40(11)12)17-21(3)49-36)22(4)31(52-29-19-38(9,48-14)33(44)25(7)50-29)23(5)35(45)51-28(16-2)39(10,47)32(43)24(6)41(13)20-26/h1,21-34,36,42-44,46-47H,16-20H2,2-14H3/t21-,22+,23-,24-,25+,26-,27+,28-,29+,30-,31+,32-,33+,34-,36+,37-,38-,39-/m1/s1. The van der Waals surface area contributed by atoms with Crippen LogP contribution in [0.15, 0.2) is 0 Å². The van der Waals surface area contributed by atoms with Gasteiger partial charge in [0.1, 0.15) is 30.0 Å². The minimum atomic E-state index is -1.85. The highest BCUT2D eigenvalue weighted by molar-refractivity contribution is 5.73. The van der Waals surface area contributed by atoms with Crippen molar-refractivity contribution in [2.45, 2.75) is 178 Å². The van der Waals surface area contributed by atoms with E-state index in [0.29, 0.717) is 6.42 Å². The summed E-state index contributed by atoms with van der Waals surface area (Å²) in [7, 11) is 6.99. The molecular weight excluding hydrogens is 688 g/mol. The van der Waals surface area contributed by atoms with Gasteiger partial charge in [-0.05, 0) is 88.9 Å². The second kappa shape index (κ2) is 18.2. The van der Waals surface area contributed by atoms with Gasteiger partial charge in [0.2, 0.25) is 0 Å². The Morgan fingerprint density at radius 3 is 2.17 bits per heavy atom. The van der Waals surface area contributed by atoms with Gasteiger partial charge in [-0.25, -0.2) is 0 Å². The summed E-state index contributed by atoms with van der Waals surface area (Å²) >= 11 is 0. The molecule has 3 saturated heterocycles. The molecule has 3 aliphatic heterocycles. The van der Waals surface area contributed by atoms with E-state index in [1.807, 2.05) is 30.8 Å². The number of methoxy groups -OCH3 is 1. The largest absolute Gasteiger partial charge is 0.459 e. The minimum absolute atomic E-state index is 0.0194. The lowest BCUT2D eigenvalue weighted by atomic mass is 9.77. The predicted octanol–water partition coefficient (Wildman–Crippen LogP) is 1.51. The molecule has 0 saturated carbocycles. The van der Waals surface area contributed by atoms with Crippen LogP contribution < -0.4 is 0 Å². The first kappa shape index (κ1) is 45.9. The van der Waals surface area contributed by atoms with E-state index in [9.17, 15) is 30.3 Å². The summed E-state index contributed by atoms with van der Waals surface area (Å²) in [5, 5.41) is 58.2. The molecule has 18 atom stereocenters. The van der Waals surface area contributed by atoms with Crippen molar-refractivity contribution in [3.63, 3.8) is 0 Å². The highest BCUT2D eigenvalue weighted by Crippen LogP contribution is 2.40. The fourth-order valence-electron chi connectivity index (χ4n) is 8.50. The molecule has 0 aromatic heterocycles. The first-order chi connectivity index (χ1) is 24.4. The molecule has 0 radical (unpaired) electrons. The van der Waals surface area contributed by atoms with Crippen LogP contribution in [0, 0.1) is 30.1 Å². The summed E-state index contributed by atoms with van der Waals surface area (Å²) in [6, 6.07) is -0.935. The number of terminal acetylenes is 1. The van der Waals surface area contributed by atoms with Gasteiger partial charge in [-0.15, -0.1) is 12.3 Å². The van der Waals surface area contributed by atoms with E-state index < -0.39 is 102 Å². The molecule has 308 valence electrons. The van der Waals surface area contributed by atoms with Crippen molar-refractivity contribution >= 4 is 5.97 Å². The Balaban J connectivity index is 2.21. The fourth-order valence-corrected chi connectivity index (χ4v) is 8.50. The van der Waals surface area contributed by atoms with Gasteiger partial charge in [-0.3, -0.25) is 9.69 Å². The maximum absolute atomic E-state index is 14.2. The topological polar surface area (TPSA) is 180 Å². The summed E-state index contributed by atoms with van der Waals surface area (Å²) in [5.74, 6) is -0.348. The molecule has 0 aromatic carbocycles. The molecule has 3 heterocycles. The molecule has 0 aliphatic carbocycles. The van der Waals surface area contributed by atoms with E-state index >= 15 is 0 Å². The Morgan fingerprint density at radius 2 is 1.62 bits per heavy atom. The lowest BCUT2D eigenvalue weighted by Gasteiger charge is -2.48. The Kier molecular flexibility index (Phi) is 15.8. The molecule has 14 nitrogen and oxygen atoms in total. The molecule has 0 amide bonds. The molecular formula is C39H70N2O12. The van der Waals surface area contributed by atoms with Gasteiger partial charge in [0.05, 0.1) is 41.5 Å². The molecule has 3 fully saturated rings. The molecule has 0 unspecified atom stereocenters.